The van der Waals surface area contributed by atoms with Crippen molar-refractivity contribution in [2.24, 2.45) is 5.92 Å². The molecule has 5 aromatic carbocycles. The van der Waals surface area contributed by atoms with Gasteiger partial charge in [-0.2, -0.15) is 0 Å². The molecule has 286 valence electrons. The van der Waals surface area contributed by atoms with Crippen molar-refractivity contribution in [3.63, 3.8) is 0 Å². The van der Waals surface area contributed by atoms with Gasteiger partial charge < -0.3 is 24.4 Å². The Morgan fingerprint density at radius 3 is 2.32 bits per heavy atom. The summed E-state index contributed by atoms with van der Waals surface area (Å²) in [5, 5.41) is 23.8. The number of amides is 3. The number of carbonyl (C=O) groups excluding carboxylic acids is 3. The standard InChI is InChI=1S/C43H42N4O8Si/c1-27-40(56(2,3)54)37(24-38(49)44(21-22-48)25-28-9-5-4-6-10-28)55-43(27)34-23-32(47(52)53)19-20-35(34)45(42(43)51)26-29-15-17-31(18-16-29)46-36-14-8-12-30-11-7-13-33(39(30)36)41(46)50/h4-20,23,27,37,40,48,54H,21-22,24-26H2,1-3H3/t27-,37+,40-,43+/m0/s1. The van der Waals surface area contributed by atoms with Crippen LogP contribution in [0.3, 0.4) is 0 Å². The van der Waals surface area contributed by atoms with E-state index in [0.717, 1.165) is 27.6 Å². The van der Waals surface area contributed by atoms with Gasteiger partial charge in [-0.3, -0.25) is 29.4 Å². The van der Waals surface area contributed by atoms with Gasteiger partial charge in [-0.25, -0.2) is 0 Å². The Morgan fingerprint density at radius 2 is 1.64 bits per heavy atom. The normalized spacial score (nSPS) is 21.3. The lowest BCUT2D eigenvalue weighted by Crippen LogP contribution is -2.46. The first-order chi connectivity index (χ1) is 26.8. The van der Waals surface area contributed by atoms with Crippen molar-refractivity contribution in [1.82, 2.24) is 4.90 Å². The fraction of sp³-hybridized carbons (Fsp3) is 0.279. The van der Waals surface area contributed by atoms with Gasteiger partial charge in [0.1, 0.15) is 0 Å². The number of rotatable bonds is 11. The summed E-state index contributed by atoms with van der Waals surface area (Å²) in [7, 11) is -3.17. The number of hydrogen-bond donors (Lipinski definition) is 2. The van der Waals surface area contributed by atoms with Crippen LogP contribution in [0.25, 0.3) is 10.8 Å². The molecule has 0 aromatic heterocycles. The Morgan fingerprint density at radius 1 is 0.929 bits per heavy atom. The summed E-state index contributed by atoms with van der Waals surface area (Å²) in [6.45, 7) is 5.51. The number of benzene rings is 5. The van der Waals surface area contributed by atoms with Crippen LogP contribution in [0.4, 0.5) is 22.7 Å². The molecule has 0 unspecified atom stereocenters. The highest BCUT2D eigenvalue weighted by atomic mass is 28.4. The molecular weight excluding hydrogens is 729 g/mol. The van der Waals surface area contributed by atoms with E-state index in [2.05, 4.69) is 0 Å². The Bertz CT molecular complexity index is 2380. The van der Waals surface area contributed by atoms with E-state index in [4.69, 9.17) is 4.74 Å². The van der Waals surface area contributed by atoms with Gasteiger partial charge in [0.2, 0.25) is 5.91 Å². The number of aliphatic hydroxyl groups excluding tert-OH is 1. The number of nitrogens with zero attached hydrogens (tertiary/aromatic N) is 4. The number of anilines is 3. The smallest absolute Gasteiger partial charge is 0.269 e. The van der Waals surface area contributed by atoms with Gasteiger partial charge in [-0.1, -0.05) is 73.7 Å². The van der Waals surface area contributed by atoms with Gasteiger partial charge in [0.05, 0.1) is 47.5 Å². The van der Waals surface area contributed by atoms with Crippen molar-refractivity contribution < 1.29 is 33.9 Å². The minimum absolute atomic E-state index is 0.0841. The van der Waals surface area contributed by atoms with Crippen molar-refractivity contribution in [2.75, 3.05) is 23.0 Å². The van der Waals surface area contributed by atoms with Crippen LogP contribution < -0.4 is 9.80 Å². The average molecular weight is 771 g/mol. The van der Waals surface area contributed by atoms with Crippen LogP contribution in [0.5, 0.6) is 0 Å². The summed E-state index contributed by atoms with van der Waals surface area (Å²) in [5.74, 6) is -1.52. The number of non-ortho nitro benzene ring substituents is 1. The molecule has 1 spiro atoms. The number of carbonyl (C=O) groups is 3. The molecular formula is C43H42N4O8Si. The molecule has 56 heavy (non-hydrogen) atoms. The fourth-order valence-electron chi connectivity index (χ4n) is 9.16. The minimum Gasteiger partial charge on any atom is -0.432 e. The van der Waals surface area contributed by atoms with E-state index < -0.39 is 42.3 Å². The van der Waals surface area contributed by atoms with Gasteiger partial charge >= 0.3 is 0 Å². The van der Waals surface area contributed by atoms with E-state index in [9.17, 15) is 34.4 Å². The summed E-state index contributed by atoms with van der Waals surface area (Å²) in [6, 6.07) is 32.6. The van der Waals surface area contributed by atoms with Crippen LogP contribution in [0.15, 0.2) is 109 Å². The van der Waals surface area contributed by atoms with E-state index in [-0.39, 0.29) is 50.2 Å². The zero-order valence-electron chi connectivity index (χ0n) is 31.3. The molecule has 0 aliphatic carbocycles. The van der Waals surface area contributed by atoms with Crippen LogP contribution in [0.1, 0.15) is 40.4 Å². The first-order valence-corrected chi connectivity index (χ1v) is 21.7. The maximum Gasteiger partial charge on any atom is 0.269 e. The fourth-order valence-corrected chi connectivity index (χ4v) is 11.7. The molecule has 3 amide bonds. The molecule has 13 heteroatoms. The second-order valence-corrected chi connectivity index (χ2v) is 19.4. The molecule has 5 aromatic rings. The summed E-state index contributed by atoms with van der Waals surface area (Å²) in [4.78, 5) is 70.6. The van der Waals surface area contributed by atoms with E-state index in [1.165, 1.54) is 17.0 Å². The van der Waals surface area contributed by atoms with E-state index in [0.29, 0.717) is 22.5 Å². The lowest BCUT2D eigenvalue weighted by Gasteiger charge is -2.32. The van der Waals surface area contributed by atoms with Crippen LogP contribution in [-0.4, -0.2) is 65.0 Å². The maximum atomic E-state index is 15.0. The number of hydrogen-bond acceptors (Lipinski definition) is 8. The van der Waals surface area contributed by atoms with E-state index in [1.807, 2.05) is 97.9 Å². The molecule has 3 aliphatic heterocycles. The monoisotopic (exact) mass is 770 g/mol. The molecule has 0 bridgehead atoms. The first kappa shape index (κ1) is 37.2. The quantitative estimate of drug-likeness (QED) is 0.0846. The summed E-state index contributed by atoms with van der Waals surface area (Å²) < 4.78 is 6.82. The van der Waals surface area contributed by atoms with Gasteiger partial charge in [0, 0.05) is 53.3 Å². The highest BCUT2D eigenvalue weighted by Crippen LogP contribution is 2.60. The van der Waals surface area contributed by atoms with E-state index in [1.54, 1.807) is 29.0 Å². The average Bonchev–Trinajstić information content (AvgIpc) is 3.73. The molecule has 3 heterocycles. The SMILES string of the molecule is C[C@H]1[C@H]([Si](C)(C)O)[C@@H](CC(=O)N(CCO)Cc2ccccc2)O[C@]12C(=O)N(Cc1ccc(N3C(=O)c4cccc5cccc3c45)cc1)c1ccc([N+](=O)[O-])cc12. The summed E-state index contributed by atoms with van der Waals surface area (Å²) >= 11 is 0. The van der Waals surface area contributed by atoms with Crippen LogP contribution >= 0.6 is 0 Å². The summed E-state index contributed by atoms with van der Waals surface area (Å²) in [5.41, 5.74) is 1.98. The van der Waals surface area contributed by atoms with Crippen LogP contribution in [0.2, 0.25) is 18.6 Å². The number of fused-ring (bicyclic) bond motifs is 2. The molecule has 8 rings (SSSR count). The lowest BCUT2D eigenvalue weighted by atomic mass is 9.82. The van der Waals surface area contributed by atoms with Crippen molar-refractivity contribution in [3.05, 3.63) is 142 Å². The lowest BCUT2D eigenvalue weighted by molar-refractivity contribution is -0.385. The van der Waals surface area contributed by atoms with Gasteiger partial charge in [0.15, 0.2) is 13.9 Å². The Kier molecular flexibility index (Phi) is 9.36. The molecule has 1 fully saturated rings. The van der Waals surface area contributed by atoms with Crippen molar-refractivity contribution in [1.29, 1.82) is 0 Å². The third-order valence-corrected chi connectivity index (χ3v) is 14.1. The zero-order valence-corrected chi connectivity index (χ0v) is 32.3. The number of aliphatic hydroxyl groups is 1. The number of nitro groups is 1. The molecule has 4 atom stereocenters. The van der Waals surface area contributed by atoms with Crippen molar-refractivity contribution in [3.8, 4) is 0 Å². The third-order valence-electron chi connectivity index (χ3n) is 11.6. The Labute approximate surface area is 324 Å². The predicted molar refractivity (Wildman–Crippen MR) is 214 cm³/mol. The number of nitro benzene ring substituents is 1. The third kappa shape index (κ3) is 6.07. The van der Waals surface area contributed by atoms with E-state index >= 15 is 0 Å². The molecule has 3 aliphatic rings. The largest absolute Gasteiger partial charge is 0.432 e. The molecule has 2 N–H and O–H groups in total. The second-order valence-electron chi connectivity index (χ2n) is 15.4. The van der Waals surface area contributed by atoms with Crippen LogP contribution in [0, 0.1) is 16.0 Å². The summed E-state index contributed by atoms with van der Waals surface area (Å²) in [6.07, 6.45) is -1.05. The van der Waals surface area contributed by atoms with Gasteiger partial charge in [0.25, 0.3) is 17.5 Å². The highest BCUT2D eigenvalue weighted by Gasteiger charge is 2.66. The Hall–Kier alpha value is -5.73. The number of ether oxygens (including phenoxy) is 1. The van der Waals surface area contributed by atoms with Gasteiger partial charge in [-0.15, -0.1) is 0 Å². The molecule has 0 saturated carbocycles. The van der Waals surface area contributed by atoms with Gasteiger partial charge in [-0.05, 0) is 59.9 Å². The molecule has 12 nitrogen and oxygen atoms in total. The Balaban J connectivity index is 1.11. The van der Waals surface area contributed by atoms with Crippen molar-refractivity contribution in [2.45, 2.75) is 56.8 Å². The molecule has 0 radical (unpaired) electrons. The predicted octanol–water partition coefficient (Wildman–Crippen LogP) is 6.80. The second kappa shape index (κ2) is 14.1. The van der Waals surface area contributed by atoms with Crippen molar-refractivity contribution >= 4 is 59.6 Å². The highest BCUT2D eigenvalue weighted by molar-refractivity contribution is 6.71. The first-order valence-electron chi connectivity index (χ1n) is 18.7. The van der Waals surface area contributed by atoms with Crippen LogP contribution in [-0.2, 0) is 33.0 Å². The maximum absolute atomic E-state index is 15.0. The molecule has 1 saturated heterocycles. The topological polar surface area (TPSA) is 154 Å². The minimum atomic E-state index is -3.17. The zero-order chi connectivity index (χ0) is 39.5.